The molecule has 1 atom stereocenters. The topological polar surface area (TPSA) is 90.4 Å². The Bertz CT molecular complexity index is 508. The van der Waals surface area contributed by atoms with Crippen molar-refractivity contribution in [3.63, 3.8) is 0 Å². The van der Waals surface area contributed by atoms with Crippen LogP contribution in [-0.2, 0) is 16.6 Å². The smallest absolute Gasteiger partial charge is 0.245 e. The van der Waals surface area contributed by atoms with Gasteiger partial charge in [0.1, 0.15) is 0 Å². The Labute approximate surface area is 100 Å². The Morgan fingerprint density at radius 1 is 1.65 bits per heavy atom. The number of hydrogen-bond acceptors (Lipinski definition) is 5. The van der Waals surface area contributed by atoms with Gasteiger partial charge in [-0.2, -0.15) is 5.10 Å². The van der Waals surface area contributed by atoms with Crippen molar-refractivity contribution in [3.05, 3.63) is 6.20 Å². The molecule has 0 saturated heterocycles. The van der Waals surface area contributed by atoms with Crippen LogP contribution in [0, 0.1) is 5.92 Å². The standard InChI is InChI=1S/C9H16N4O3S/c1-12(2)4-7-5-13-9(16-6-7)8(3-11-13)17(10,14)15/h3,7H,4-6H2,1-2H3,(H2,10,14,15). The summed E-state index contributed by atoms with van der Waals surface area (Å²) in [6.07, 6.45) is 1.24. The summed E-state index contributed by atoms with van der Waals surface area (Å²) in [5.41, 5.74) is 0. The number of ether oxygens (including phenoxy) is 1. The Morgan fingerprint density at radius 3 is 2.94 bits per heavy atom. The van der Waals surface area contributed by atoms with Crippen molar-refractivity contribution in [2.45, 2.75) is 11.4 Å². The number of primary sulfonamides is 1. The molecule has 0 amide bonds. The van der Waals surface area contributed by atoms with Crippen LogP contribution in [0.1, 0.15) is 0 Å². The van der Waals surface area contributed by atoms with Crippen molar-refractivity contribution in [1.29, 1.82) is 0 Å². The summed E-state index contributed by atoms with van der Waals surface area (Å²) in [4.78, 5) is 2.02. The summed E-state index contributed by atoms with van der Waals surface area (Å²) >= 11 is 0. The highest BCUT2D eigenvalue weighted by Gasteiger charge is 2.27. The second-order valence-corrected chi connectivity index (χ2v) is 6.01. The third kappa shape index (κ3) is 2.59. The monoisotopic (exact) mass is 260 g/mol. The van der Waals surface area contributed by atoms with E-state index in [1.807, 2.05) is 14.1 Å². The summed E-state index contributed by atoms with van der Waals surface area (Å²) in [6, 6.07) is 0. The van der Waals surface area contributed by atoms with Crippen LogP contribution in [-0.4, -0.2) is 50.3 Å². The summed E-state index contributed by atoms with van der Waals surface area (Å²) in [5.74, 6) is 0.549. The number of hydrogen-bond donors (Lipinski definition) is 1. The van der Waals surface area contributed by atoms with E-state index >= 15 is 0 Å². The average molecular weight is 260 g/mol. The molecule has 0 bridgehead atoms. The number of aromatic nitrogens is 2. The fourth-order valence-corrected chi connectivity index (χ4v) is 2.55. The fourth-order valence-electron chi connectivity index (χ4n) is 1.95. The highest BCUT2D eigenvalue weighted by molar-refractivity contribution is 7.89. The molecule has 2 heterocycles. The van der Waals surface area contributed by atoms with Gasteiger partial charge in [-0.15, -0.1) is 0 Å². The normalized spacial score (nSPS) is 20.1. The van der Waals surface area contributed by atoms with Crippen LogP contribution in [0.15, 0.2) is 11.1 Å². The van der Waals surface area contributed by atoms with E-state index in [-0.39, 0.29) is 10.8 Å². The molecule has 1 aliphatic rings. The van der Waals surface area contributed by atoms with E-state index in [2.05, 4.69) is 10.00 Å². The first kappa shape index (κ1) is 12.3. The first-order valence-electron chi connectivity index (χ1n) is 5.24. The van der Waals surface area contributed by atoms with Crippen molar-refractivity contribution in [2.75, 3.05) is 27.2 Å². The molecule has 7 nitrogen and oxygen atoms in total. The number of nitrogens with two attached hydrogens (primary N) is 1. The van der Waals surface area contributed by atoms with Crippen molar-refractivity contribution in [2.24, 2.45) is 11.1 Å². The lowest BCUT2D eigenvalue weighted by molar-refractivity contribution is 0.136. The minimum Gasteiger partial charge on any atom is -0.476 e. The van der Waals surface area contributed by atoms with Crippen molar-refractivity contribution < 1.29 is 13.2 Å². The molecule has 0 saturated carbocycles. The Balaban J connectivity index is 2.22. The van der Waals surface area contributed by atoms with Crippen LogP contribution in [0.25, 0.3) is 0 Å². The Kier molecular flexibility index (Phi) is 3.11. The second-order valence-electron chi connectivity index (χ2n) is 4.48. The molecule has 2 rings (SSSR count). The lowest BCUT2D eigenvalue weighted by Gasteiger charge is -2.26. The first-order valence-corrected chi connectivity index (χ1v) is 6.78. The third-order valence-electron chi connectivity index (χ3n) is 2.58. The summed E-state index contributed by atoms with van der Waals surface area (Å²) in [5, 5.41) is 9.07. The zero-order valence-electron chi connectivity index (χ0n) is 9.83. The van der Waals surface area contributed by atoms with Crippen molar-refractivity contribution >= 4 is 10.0 Å². The third-order valence-corrected chi connectivity index (χ3v) is 3.47. The molecule has 0 aliphatic carbocycles. The summed E-state index contributed by atoms with van der Waals surface area (Å²) in [7, 11) is 0.201. The predicted octanol–water partition coefficient (Wildman–Crippen LogP) is -0.899. The molecular weight excluding hydrogens is 244 g/mol. The maximum atomic E-state index is 11.3. The number of fused-ring (bicyclic) bond motifs is 1. The minimum absolute atomic E-state index is 0.0409. The SMILES string of the molecule is CN(C)CC1COc2c(S(N)(=O)=O)cnn2C1. The van der Waals surface area contributed by atoms with E-state index in [9.17, 15) is 8.42 Å². The molecule has 2 N–H and O–H groups in total. The van der Waals surface area contributed by atoms with E-state index in [0.29, 0.717) is 19.1 Å². The molecule has 96 valence electrons. The lowest BCUT2D eigenvalue weighted by atomic mass is 10.1. The first-order chi connectivity index (χ1) is 7.88. The van der Waals surface area contributed by atoms with Crippen LogP contribution >= 0.6 is 0 Å². The van der Waals surface area contributed by atoms with Gasteiger partial charge in [0.05, 0.1) is 19.3 Å². The van der Waals surface area contributed by atoms with Gasteiger partial charge in [-0.1, -0.05) is 0 Å². The quantitative estimate of drug-likeness (QED) is 0.760. The van der Waals surface area contributed by atoms with Crippen LogP contribution in [0.4, 0.5) is 0 Å². The second kappa shape index (κ2) is 4.28. The highest BCUT2D eigenvalue weighted by atomic mass is 32.2. The summed E-state index contributed by atoms with van der Waals surface area (Å²) in [6.45, 7) is 1.99. The van der Waals surface area contributed by atoms with Gasteiger partial charge in [-0.3, -0.25) is 0 Å². The molecule has 1 aromatic rings. The number of rotatable bonds is 3. The van der Waals surface area contributed by atoms with Gasteiger partial charge in [0.2, 0.25) is 15.9 Å². The Morgan fingerprint density at radius 2 is 2.35 bits per heavy atom. The highest BCUT2D eigenvalue weighted by Crippen LogP contribution is 2.27. The van der Waals surface area contributed by atoms with E-state index in [0.717, 1.165) is 6.54 Å². The van der Waals surface area contributed by atoms with Crippen LogP contribution < -0.4 is 9.88 Å². The van der Waals surface area contributed by atoms with Gasteiger partial charge in [0.15, 0.2) is 4.90 Å². The molecular formula is C9H16N4O3S. The predicted molar refractivity (Wildman–Crippen MR) is 61.1 cm³/mol. The fraction of sp³-hybridized carbons (Fsp3) is 0.667. The molecule has 0 radical (unpaired) electrons. The van der Waals surface area contributed by atoms with Gasteiger partial charge in [0.25, 0.3) is 0 Å². The largest absolute Gasteiger partial charge is 0.476 e. The van der Waals surface area contributed by atoms with E-state index in [1.165, 1.54) is 6.20 Å². The zero-order valence-corrected chi connectivity index (χ0v) is 10.6. The van der Waals surface area contributed by atoms with E-state index in [4.69, 9.17) is 9.88 Å². The van der Waals surface area contributed by atoms with Crippen LogP contribution in [0.5, 0.6) is 5.88 Å². The van der Waals surface area contributed by atoms with Crippen LogP contribution in [0.2, 0.25) is 0 Å². The van der Waals surface area contributed by atoms with Gasteiger partial charge >= 0.3 is 0 Å². The summed E-state index contributed by atoms with van der Waals surface area (Å²) < 4.78 is 29.5. The lowest BCUT2D eigenvalue weighted by Crippen LogP contribution is -2.34. The molecule has 1 unspecified atom stereocenters. The molecule has 0 spiro atoms. The minimum atomic E-state index is -3.76. The average Bonchev–Trinajstić information content (AvgIpc) is 2.58. The van der Waals surface area contributed by atoms with Gasteiger partial charge < -0.3 is 9.64 Å². The molecule has 0 fully saturated rings. The molecule has 1 aromatic heterocycles. The number of sulfonamides is 1. The van der Waals surface area contributed by atoms with E-state index in [1.54, 1.807) is 4.68 Å². The number of nitrogens with zero attached hydrogens (tertiary/aromatic N) is 3. The van der Waals surface area contributed by atoms with E-state index < -0.39 is 10.0 Å². The van der Waals surface area contributed by atoms with Gasteiger partial charge in [0, 0.05) is 12.5 Å². The molecule has 17 heavy (non-hydrogen) atoms. The molecule has 8 heteroatoms. The van der Waals surface area contributed by atoms with Crippen molar-refractivity contribution in [3.8, 4) is 5.88 Å². The zero-order chi connectivity index (χ0) is 12.6. The molecule has 1 aliphatic heterocycles. The van der Waals surface area contributed by atoms with Crippen LogP contribution in [0.3, 0.4) is 0 Å². The molecule has 0 aromatic carbocycles. The van der Waals surface area contributed by atoms with Gasteiger partial charge in [-0.25, -0.2) is 18.2 Å². The maximum absolute atomic E-state index is 11.3. The van der Waals surface area contributed by atoms with Gasteiger partial charge in [-0.05, 0) is 14.1 Å². The van der Waals surface area contributed by atoms with Crippen molar-refractivity contribution in [1.82, 2.24) is 14.7 Å². The Hall–Kier alpha value is -1.12. The maximum Gasteiger partial charge on any atom is 0.245 e.